The Morgan fingerprint density at radius 3 is 2.55 bits per heavy atom. The second-order valence-corrected chi connectivity index (χ2v) is 8.80. The number of rotatable bonds is 8. The average Bonchev–Trinajstić information content (AvgIpc) is 3.12. The quantitative estimate of drug-likeness (QED) is 0.607. The van der Waals surface area contributed by atoms with Gasteiger partial charge in [-0.15, -0.1) is 0 Å². The molecule has 1 atom stereocenters. The molecule has 1 heterocycles. The van der Waals surface area contributed by atoms with Gasteiger partial charge in [0.1, 0.15) is 0 Å². The second kappa shape index (κ2) is 10.6. The summed E-state index contributed by atoms with van der Waals surface area (Å²) in [4.78, 5) is 27.0. The molecule has 0 radical (unpaired) electrons. The monoisotopic (exact) mass is 423 g/mol. The molecule has 166 valence electrons. The number of hydrogen-bond donors (Lipinski definition) is 3. The first-order chi connectivity index (χ1) is 14.8. The largest absolute Gasteiger partial charge is 0.392 e. The Morgan fingerprint density at radius 2 is 1.90 bits per heavy atom. The van der Waals surface area contributed by atoms with Gasteiger partial charge in [0.05, 0.1) is 6.10 Å². The first kappa shape index (κ1) is 23.0. The van der Waals surface area contributed by atoms with Crippen LogP contribution < -0.4 is 10.6 Å². The molecular formula is C25H33N3O3. The van der Waals surface area contributed by atoms with Gasteiger partial charge in [-0.3, -0.25) is 14.5 Å². The van der Waals surface area contributed by atoms with Gasteiger partial charge in [0.25, 0.3) is 5.91 Å². The molecule has 6 nitrogen and oxygen atoms in total. The number of hydrogen-bond acceptors (Lipinski definition) is 4. The van der Waals surface area contributed by atoms with Crippen molar-refractivity contribution in [1.82, 2.24) is 10.2 Å². The van der Waals surface area contributed by atoms with Crippen LogP contribution in [0.2, 0.25) is 0 Å². The van der Waals surface area contributed by atoms with Gasteiger partial charge in [-0.25, -0.2) is 0 Å². The van der Waals surface area contributed by atoms with E-state index in [4.69, 9.17) is 0 Å². The third-order valence-electron chi connectivity index (χ3n) is 5.56. The SMILES string of the molecule is Cc1cc(C(=O)NCc2ccccc2CN2CC[C@@H](O)C2)ccc1NC(=O)CC(C)C. The molecule has 2 amide bonds. The van der Waals surface area contributed by atoms with Crippen LogP contribution in [0.25, 0.3) is 0 Å². The standard InChI is InChI=1S/C25H33N3O3/c1-17(2)12-24(30)27-23-9-8-19(13-18(23)3)25(31)26-14-20-6-4-5-7-21(20)15-28-11-10-22(29)16-28/h4-9,13,17,22,29H,10-12,14-16H2,1-3H3,(H,26,31)(H,27,30)/t22-/m1/s1. The first-order valence-electron chi connectivity index (χ1n) is 11.0. The number of likely N-dealkylation sites (tertiary alicyclic amines) is 1. The van der Waals surface area contributed by atoms with Gasteiger partial charge >= 0.3 is 0 Å². The topological polar surface area (TPSA) is 81.7 Å². The number of aryl methyl sites for hydroxylation is 1. The molecule has 0 spiro atoms. The predicted molar refractivity (Wildman–Crippen MR) is 123 cm³/mol. The maximum Gasteiger partial charge on any atom is 0.251 e. The fraction of sp³-hybridized carbons (Fsp3) is 0.440. The van der Waals surface area contributed by atoms with E-state index >= 15 is 0 Å². The minimum atomic E-state index is -0.242. The highest BCUT2D eigenvalue weighted by Crippen LogP contribution is 2.19. The van der Waals surface area contributed by atoms with Crippen molar-refractivity contribution in [3.63, 3.8) is 0 Å². The number of nitrogens with one attached hydrogen (secondary N) is 2. The summed E-state index contributed by atoms with van der Waals surface area (Å²) in [7, 11) is 0. The van der Waals surface area contributed by atoms with Crippen molar-refractivity contribution in [2.75, 3.05) is 18.4 Å². The van der Waals surface area contributed by atoms with E-state index in [2.05, 4.69) is 21.6 Å². The lowest BCUT2D eigenvalue weighted by molar-refractivity contribution is -0.116. The number of β-amino-alcohol motifs (C(OH)–C–C–N with tert-alkyl or cyclic N) is 1. The second-order valence-electron chi connectivity index (χ2n) is 8.80. The van der Waals surface area contributed by atoms with Crippen LogP contribution in [0.4, 0.5) is 5.69 Å². The zero-order valence-electron chi connectivity index (χ0n) is 18.6. The van der Waals surface area contributed by atoms with E-state index in [1.54, 1.807) is 18.2 Å². The third-order valence-corrected chi connectivity index (χ3v) is 5.56. The Labute approximate surface area is 184 Å². The lowest BCUT2D eigenvalue weighted by atomic mass is 10.1. The van der Waals surface area contributed by atoms with Crippen LogP contribution in [0.1, 0.15) is 53.7 Å². The van der Waals surface area contributed by atoms with E-state index in [1.807, 2.05) is 39.0 Å². The minimum absolute atomic E-state index is 0.0163. The molecular weight excluding hydrogens is 390 g/mol. The van der Waals surface area contributed by atoms with Crippen LogP contribution in [0.15, 0.2) is 42.5 Å². The summed E-state index contributed by atoms with van der Waals surface area (Å²) in [5.41, 5.74) is 4.40. The lowest BCUT2D eigenvalue weighted by Crippen LogP contribution is -2.26. The molecule has 0 saturated carbocycles. The van der Waals surface area contributed by atoms with Crippen LogP contribution in [0, 0.1) is 12.8 Å². The molecule has 2 aromatic rings. The molecule has 31 heavy (non-hydrogen) atoms. The van der Waals surface area contributed by atoms with E-state index in [-0.39, 0.29) is 17.9 Å². The molecule has 0 unspecified atom stereocenters. The van der Waals surface area contributed by atoms with Crippen LogP contribution in [0.5, 0.6) is 0 Å². The van der Waals surface area contributed by atoms with Crippen LogP contribution in [-0.4, -0.2) is 41.0 Å². The summed E-state index contributed by atoms with van der Waals surface area (Å²) < 4.78 is 0. The van der Waals surface area contributed by atoms with Gasteiger partial charge in [-0.1, -0.05) is 38.1 Å². The van der Waals surface area contributed by atoms with Crippen molar-refractivity contribution in [3.05, 3.63) is 64.7 Å². The van der Waals surface area contributed by atoms with Crippen molar-refractivity contribution in [3.8, 4) is 0 Å². The number of aliphatic hydroxyl groups is 1. The summed E-state index contributed by atoms with van der Waals surface area (Å²) >= 11 is 0. The van der Waals surface area contributed by atoms with Crippen molar-refractivity contribution < 1.29 is 14.7 Å². The van der Waals surface area contributed by atoms with Crippen molar-refractivity contribution in [1.29, 1.82) is 0 Å². The number of nitrogens with zero attached hydrogens (tertiary/aromatic N) is 1. The lowest BCUT2D eigenvalue weighted by Gasteiger charge is -2.18. The average molecular weight is 424 g/mol. The number of aliphatic hydroxyl groups excluding tert-OH is 1. The van der Waals surface area contributed by atoms with E-state index in [0.717, 1.165) is 41.9 Å². The van der Waals surface area contributed by atoms with Gasteiger partial charge in [0, 0.05) is 43.9 Å². The molecule has 6 heteroatoms. The Kier molecular flexibility index (Phi) is 7.82. The van der Waals surface area contributed by atoms with E-state index in [9.17, 15) is 14.7 Å². The summed E-state index contributed by atoms with van der Waals surface area (Å²) in [6, 6.07) is 13.4. The zero-order chi connectivity index (χ0) is 22.4. The number of anilines is 1. The van der Waals surface area contributed by atoms with Gasteiger partial charge in [-0.05, 0) is 54.2 Å². The molecule has 3 N–H and O–H groups in total. The number of carbonyl (C=O) groups is 2. The van der Waals surface area contributed by atoms with Crippen LogP contribution in [-0.2, 0) is 17.9 Å². The highest BCUT2D eigenvalue weighted by atomic mass is 16.3. The predicted octanol–water partition coefficient (Wildman–Crippen LogP) is 3.48. The van der Waals surface area contributed by atoms with Gasteiger partial charge in [0.15, 0.2) is 0 Å². The molecule has 1 saturated heterocycles. The maximum atomic E-state index is 12.7. The fourth-order valence-corrected chi connectivity index (χ4v) is 3.88. The smallest absolute Gasteiger partial charge is 0.251 e. The maximum absolute atomic E-state index is 12.7. The first-order valence-corrected chi connectivity index (χ1v) is 11.0. The van der Waals surface area contributed by atoms with Crippen molar-refractivity contribution >= 4 is 17.5 Å². The molecule has 1 aliphatic rings. The number of carbonyl (C=O) groups excluding carboxylic acids is 2. The van der Waals surface area contributed by atoms with Gasteiger partial charge in [0.2, 0.25) is 5.91 Å². The summed E-state index contributed by atoms with van der Waals surface area (Å²) in [5, 5.41) is 15.7. The highest BCUT2D eigenvalue weighted by molar-refractivity contribution is 5.96. The van der Waals surface area contributed by atoms with E-state index < -0.39 is 0 Å². The van der Waals surface area contributed by atoms with Crippen LogP contribution >= 0.6 is 0 Å². The Balaban J connectivity index is 1.60. The third kappa shape index (κ3) is 6.64. The molecule has 0 aromatic heterocycles. The minimum Gasteiger partial charge on any atom is -0.392 e. The van der Waals surface area contributed by atoms with Gasteiger partial charge in [-0.2, -0.15) is 0 Å². The zero-order valence-corrected chi connectivity index (χ0v) is 18.6. The molecule has 3 rings (SSSR count). The molecule has 0 bridgehead atoms. The van der Waals surface area contributed by atoms with E-state index in [1.165, 1.54) is 0 Å². The highest BCUT2D eigenvalue weighted by Gasteiger charge is 2.21. The normalized spacial score (nSPS) is 16.5. The molecule has 1 fully saturated rings. The number of amides is 2. The Hall–Kier alpha value is -2.70. The summed E-state index contributed by atoms with van der Waals surface area (Å²) in [6.07, 6.45) is 1.04. The van der Waals surface area contributed by atoms with Gasteiger partial charge < -0.3 is 15.7 Å². The Bertz CT molecular complexity index is 926. The van der Waals surface area contributed by atoms with Crippen LogP contribution in [0.3, 0.4) is 0 Å². The summed E-state index contributed by atoms with van der Waals surface area (Å²) in [5.74, 6) is 0.135. The molecule has 1 aliphatic heterocycles. The van der Waals surface area contributed by atoms with Crippen molar-refractivity contribution in [2.24, 2.45) is 5.92 Å². The fourth-order valence-electron chi connectivity index (χ4n) is 3.88. The van der Waals surface area contributed by atoms with E-state index in [0.29, 0.717) is 31.0 Å². The summed E-state index contributed by atoms with van der Waals surface area (Å²) in [6.45, 7) is 8.70. The molecule has 0 aliphatic carbocycles. The molecule has 2 aromatic carbocycles. The Morgan fingerprint density at radius 1 is 1.16 bits per heavy atom. The van der Waals surface area contributed by atoms with Crippen molar-refractivity contribution in [2.45, 2.75) is 52.8 Å². The number of benzene rings is 2.